The van der Waals surface area contributed by atoms with Gasteiger partial charge in [0, 0.05) is 36.3 Å². The van der Waals surface area contributed by atoms with E-state index in [9.17, 15) is 5.11 Å². The zero-order valence-electron chi connectivity index (χ0n) is 14.9. The summed E-state index contributed by atoms with van der Waals surface area (Å²) in [6, 6.07) is 1.99. The van der Waals surface area contributed by atoms with Crippen LogP contribution in [0.25, 0.3) is 0 Å². The molecule has 1 N–H and O–H groups in total. The molecule has 4 heterocycles. The molecule has 1 aromatic rings. The van der Waals surface area contributed by atoms with E-state index in [1.54, 1.807) is 12.4 Å². The van der Waals surface area contributed by atoms with E-state index in [1.807, 2.05) is 33.8 Å². The molecule has 1 aromatic heterocycles. The predicted octanol–water partition coefficient (Wildman–Crippen LogP) is 1.91. The molecule has 130 valence electrons. The molecule has 2 bridgehead atoms. The number of pyridine rings is 1. The van der Waals surface area contributed by atoms with Crippen molar-refractivity contribution in [3.63, 3.8) is 0 Å². The van der Waals surface area contributed by atoms with Crippen molar-refractivity contribution < 1.29 is 19.2 Å². The SMILES string of the molecule is CC1(C)OB(c2cncc(C3(O)CC4CCC(C3)O4)c2)OC1(C)C. The van der Waals surface area contributed by atoms with Crippen LogP contribution in [0.1, 0.15) is 58.9 Å². The minimum atomic E-state index is -0.864. The van der Waals surface area contributed by atoms with Gasteiger partial charge in [0.15, 0.2) is 0 Å². The standard InChI is InChI=1S/C18H26BNO4/c1-16(2)17(3,4)24-19(23-16)13-7-12(10-20-11-13)18(21)8-14-5-6-15(9-18)22-14/h7,10-11,14-15,21H,5-6,8-9H2,1-4H3. The number of hydrogen-bond donors (Lipinski definition) is 1. The van der Waals surface area contributed by atoms with E-state index in [4.69, 9.17) is 14.0 Å². The van der Waals surface area contributed by atoms with Crippen molar-refractivity contribution in [3.8, 4) is 0 Å². The first-order chi connectivity index (χ1) is 11.2. The van der Waals surface area contributed by atoms with Gasteiger partial charge in [0.25, 0.3) is 0 Å². The number of fused-ring (bicyclic) bond motifs is 2. The molecule has 0 amide bonds. The van der Waals surface area contributed by atoms with Crippen LogP contribution in [0.5, 0.6) is 0 Å². The van der Waals surface area contributed by atoms with Crippen LogP contribution in [-0.2, 0) is 19.6 Å². The summed E-state index contributed by atoms with van der Waals surface area (Å²) in [4.78, 5) is 4.35. The zero-order valence-corrected chi connectivity index (χ0v) is 14.9. The topological polar surface area (TPSA) is 60.8 Å². The Morgan fingerprint density at radius 3 is 2.21 bits per heavy atom. The third kappa shape index (κ3) is 2.60. The molecule has 0 saturated carbocycles. The highest BCUT2D eigenvalue weighted by molar-refractivity contribution is 6.62. The fourth-order valence-electron chi connectivity index (χ4n) is 3.97. The van der Waals surface area contributed by atoms with Crippen LogP contribution in [0.2, 0.25) is 0 Å². The second kappa shape index (κ2) is 5.27. The van der Waals surface area contributed by atoms with Gasteiger partial charge in [0.05, 0.1) is 29.0 Å². The smallest absolute Gasteiger partial charge is 0.399 e. The monoisotopic (exact) mass is 331 g/mol. The summed E-state index contributed by atoms with van der Waals surface area (Å²) < 4.78 is 18.1. The Kier molecular flexibility index (Phi) is 3.63. The van der Waals surface area contributed by atoms with Gasteiger partial charge < -0.3 is 19.2 Å². The van der Waals surface area contributed by atoms with Gasteiger partial charge in [-0.05, 0) is 40.5 Å². The fourth-order valence-corrected chi connectivity index (χ4v) is 3.97. The van der Waals surface area contributed by atoms with Gasteiger partial charge in [-0.15, -0.1) is 0 Å². The van der Waals surface area contributed by atoms with Gasteiger partial charge in [-0.2, -0.15) is 0 Å². The van der Waals surface area contributed by atoms with E-state index < -0.39 is 12.7 Å². The molecule has 0 aromatic carbocycles. The molecule has 3 aliphatic rings. The van der Waals surface area contributed by atoms with Crippen LogP contribution < -0.4 is 5.46 Å². The first-order valence-corrected chi connectivity index (χ1v) is 8.87. The summed E-state index contributed by atoms with van der Waals surface area (Å²) >= 11 is 0. The molecule has 2 unspecified atom stereocenters. The van der Waals surface area contributed by atoms with Gasteiger partial charge >= 0.3 is 7.12 Å². The molecule has 6 heteroatoms. The third-order valence-corrected chi connectivity index (χ3v) is 6.15. The van der Waals surface area contributed by atoms with Crippen LogP contribution in [0.3, 0.4) is 0 Å². The van der Waals surface area contributed by atoms with Crippen molar-refractivity contribution in [2.75, 3.05) is 0 Å². The Labute approximate surface area is 143 Å². The molecule has 0 spiro atoms. The molecular weight excluding hydrogens is 305 g/mol. The lowest BCUT2D eigenvalue weighted by atomic mass is 9.76. The van der Waals surface area contributed by atoms with Crippen molar-refractivity contribution in [2.24, 2.45) is 0 Å². The Hall–Kier alpha value is -0.945. The molecule has 2 atom stereocenters. The molecule has 0 radical (unpaired) electrons. The van der Waals surface area contributed by atoms with E-state index in [2.05, 4.69) is 4.98 Å². The van der Waals surface area contributed by atoms with Gasteiger partial charge in [-0.3, -0.25) is 4.98 Å². The second-order valence-corrected chi connectivity index (χ2v) is 8.49. The van der Waals surface area contributed by atoms with Crippen LogP contribution in [0.4, 0.5) is 0 Å². The largest absolute Gasteiger partial charge is 0.496 e. The molecule has 24 heavy (non-hydrogen) atoms. The maximum absolute atomic E-state index is 11.2. The lowest BCUT2D eigenvalue weighted by Gasteiger charge is -2.36. The quantitative estimate of drug-likeness (QED) is 0.839. The van der Waals surface area contributed by atoms with E-state index in [1.165, 1.54) is 0 Å². The molecule has 3 aliphatic heterocycles. The summed E-state index contributed by atoms with van der Waals surface area (Å²) in [6.07, 6.45) is 7.20. The highest BCUT2D eigenvalue weighted by Gasteiger charge is 2.52. The van der Waals surface area contributed by atoms with Crippen LogP contribution >= 0.6 is 0 Å². The molecule has 3 fully saturated rings. The number of aliphatic hydroxyl groups is 1. The fraction of sp³-hybridized carbons (Fsp3) is 0.722. The Morgan fingerprint density at radius 1 is 1.04 bits per heavy atom. The highest BCUT2D eigenvalue weighted by Crippen LogP contribution is 2.43. The van der Waals surface area contributed by atoms with Gasteiger partial charge in [0.1, 0.15) is 0 Å². The van der Waals surface area contributed by atoms with Gasteiger partial charge in [0.2, 0.25) is 0 Å². The summed E-state index contributed by atoms with van der Waals surface area (Å²) in [5, 5.41) is 11.2. The van der Waals surface area contributed by atoms with Crippen molar-refractivity contribution >= 4 is 12.6 Å². The van der Waals surface area contributed by atoms with Crippen molar-refractivity contribution in [1.29, 1.82) is 0 Å². The summed E-state index contributed by atoms with van der Waals surface area (Å²) in [5.41, 5.74) is 0.0647. The average molecular weight is 331 g/mol. The Morgan fingerprint density at radius 2 is 1.62 bits per heavy atom. The normalized spacial score (nSPS) is 37.0. The Bertz CT molecular complexity index is 620. The third-order valence-electron chi connectivity index (χ3n) is 6.15. The maximum Gasteiger partial charge on any atom is 0.496 e. The molecule has 3 saturated heterocycles. The summed E-state index contributed by atoms with van der Waals surface area (Å²) in [5.74, 6) is 0. The highest BCUT2D eigenvalue weighted by atomic mass is 16.7. The summed E-state index contributed by atoms with van der Waals surface area (Å²) in [6.45, 7) is 8.14. The number of aromatic nitrogens is 1. The van der Waals surface area contributed by atoms with Gasteiger partial charge in [-0.1, -0.05) is 6.07 Å². The van der Waals surface area contributed by atoms with Crippen molar-refractivity contribution in [2.45, 2.75) is 82.4 Å². The zero-order chi connectivity index (χ0) is 17.2. The minimum absolute atomic E-state index is 0.161. The Balaban J connectivity index is 1.61. The van der Waals surface area contributed by atoms with E-state index >= 15 is 0 Å². The lowest BCUT2D eigenvalue weighted by molar-refractivity contribution is -0.115. The van der Waals surface area contributed by atoms with E-state index in [0.29, 0.717) is 12.8 Å². The average Bonchev–Trinajstić information content (AvgIpc) is 2.95. The molecular formula is C18H26BNO4. The van der Waals surface area contributed by atoms with Gasteiger partial charge in [-0.25, -0.2) is 0 Å². The second-order valence-electron chi connectivity index (χ2n) is 8.49. The van der Waals surface area contributed by atoms with Crippen molar-refractivity contribution in [3.05, 3.63) is 24.0 Å². The van der Waals surface area contributed by atoms with Crippen molar-refractivity contribution in [1.82, 2.24) is 4.98 Å². The number of nitrogens with zero attached hydrogens (tertiary/aromatic N) is 1. The molecule has 4 rings (SSSR count). The first-order valence-electron chi connectivity index (χ1n) is 8.87. The number of rotatable bonds is 2. The van der Waals surface area contributed by atoms with Crippen LogP contribution in [-0.4, -0.2) is 40.6 Å². The number of hydrogen-bond acceptors (Lipinski definition) is 5. The predicted molar refractivity (Wildman–Crippen MR) is 91.0 cm³/mol. The van der Waals surface area contributed by atoms with Crippen LogP contribution in [0, 0.1) is 0 Å². The first kappa shape index (κ1) is 16.5. The number of ether oxygens (including phenoxy) is 1. The van der Waals surface area contributed by atoms with Crippen LogP contribution in [0.15, 0.2) is 18.5 Å². The lowest BCUT2D eigenvalue weighted by Crippen LogP contribution is -2.41. The maximum atomic E-state index is 11.2. The van der Waals surface area contributed by atoms with E-state index in [-0.39, 0.29) is 23.4 Å². The van der Waals surface area contributed by atoms with E-state index in [0.717, 1.165) is 23.9 Å². The minimum Gasteiger partial charge on any atom is -0.399 e. The molecule has 5 nitrogen and oxygen atoms in total. The summed E-state index contributed by atoms with van der Waals surface area (Å²) in [7, 11) is -0.456. The molecule has 0 aliphatic carbocycles.